The molecule has 2 heterocycles. The maximum atomic E-state index is 13.6. The van der Waals surface area contributed by atoms with Crippen LogP contribution in [-0.4, -0.2) is 47.1 Å². The number of amides is 1. The van der Waals surface area contributed by atoms with E-state index < -0.39 is 0 Å². The van der Waals surface area contributed by atoms with Crippen molar-refractivity contribution < 1.29 is 13.9 Å². The van der Waals surface area contributed by atoms with Crippen molar-refractivity contribution in [3.63, 3.8) is 0 Å². The molecule has 22 heavy (non-hydrogen) atoms. The van der Waals surface area contributed by atoms with Gasteiger partial charge in [0.2, 0.25) is 0 Å². The van der Waals surface area contributed by atoms with Crippen molar-refractivity contribution in [2.45, 2.75) is 0 Å². The maximum absolute atomic E-state index is 13.6. The van der Waals surface area contributed by atoms with E-state index in [2.05, 4.69) is 15.3 Å². The summed E-state index contributed by atoms with van der Waals surface area (Å²) in [6, 6.07) is 7.79. The van der Waals surface area contributed by atoms with Crippen molar-refractivity contribution in [1.29, 1.82) is 0 Å². The fourth-order valence-corrected chi connectivity index (χ4v) is 2.17. The number of anilines is 2. The third-order valence-corrected chi connectivity index (χ3v) is 3.32. The largest absolute Gasteiger partial charge is 0.378 e. The lowest BCUT2D eigenvalue weighted by molar-refractivity contribution is 0.0299. The Morgan fingerprint density at radius 1 is 1.23 bits per heavy atom. The number of hydrogen-bond donors (Lipinski definition) is 1. The third-order valence-electron chi connectivity index (χ3n) is 3.32. The summed E-state index contributed by atoms with van der Waals surface area (Å²) in [6.07, 6.45) is 1.29. The molecule has 1 N–H and O–H groups in total. The number of nitrogens with zero attached hydrogens (tertiary/aromatic N) is 3. The average Bonchev–Trinajstić information content (AvgIpc) is 2.57. The van der Waals surface area contributed by atoms with Gasteiger partial charge in [-0.05, 0) is 12.1 Å². The van der Waals surface area contributed by atoms with Gasteiger partial charge in [-0.2, -0.15) is 0 Å². The van der Waals surface area contributed by atoms with E-state index in [1.807, 2.05) is 0 Å². The van der Waals surface area contributed by atoms with Crippen molar-refractivity contribution in [2.75, 3.05) is 31.6 Å². The highest BCUT2D eigenvalue weighted by Crippen LogP contribution is 2.18. The van der Waals surface area contributed by atoms with Crippen LogP contribution in [-0.2, 0) is 4.74 Å². The summed E-state index contributed by atoms with van der Waals surface area (Å²) in [5.41, 5.74) is 0.571. The number of morpholine rings is 1. The fraction of sp³-hybridized carbons (Fsp3) is 0.267. The minimum atomic E-state index is -0.387. The van der Waals surface area contributed by atoms with Crippen LogP contribution in [0.15, 0.2) is 36.7 Å². The Bertz CT molecular complexity index is 674. The van der Waals surface area contributed by atoms with E-state index in [1.54, 1.807) is 23.1 Å². The molecule has 1 aromatic carbocycles. The van der Waals surface area contributed by atoms with Crippen molar-refractivity contribution in [3.8, 4) is 0 Å². The molecule has 1 saturated heterocycles. The molecule has 6 nitrogen and oxygen atoms in total. The lowest BCUT2D eigenvalue weighted by Crippen LogP contribution is -2.41. The molecule has 0 saturated carbocycles. The Morgan fingerprint density at radius 3 is 2.77 bits per heavy atom. The SMILES string of the molecule is O=C(c1cc(Nc2ccccc2F)ncn1)N1CCOCC1. The third kappa shape index (κ3) is 3.20. The number of para-hydroxylation sites is 1. The first kappa shape index (κ1) is 14.4. The van der Waals surface area contributed by atoms with Crippen molar-refractivity contribution in [2.24, 2.45) is 0 Å². The molecule has 0 aliphatic carbocycles. The summed E-state index contributed by atoms with van der Waals surface area (Å²) >= 11 is 0. The highest BCUT2D eigenvalue weighted by atomic mass is 19.1. The second-order valence-corrected chi connectivity index (χ2v) is 4.80. The molecule has 7 heteroatoms. The Labute approximate surface area is 126 Å². The zero-order valence-corrected chi connectivity index (χ0v) is 11.8. The predicted molar refractivity (Wildman–Crippen MR) is 78.4 cm³/mol. The summed E-state index contributed by atoms with van der Waals surface area (Å²) in [6.45, 7) is 2.13. The Hall–Kier alpha value is -2.54. The van der Waals surface area contributed by atoms with Crippen LogP contribution in [0, 0.1) is 5.82 Å². The van der Waals surface area contributed by atoms with Crippen LogP contribution in [0.25, 0.3) is 0 Å². The van der Waals surface area contributed by atoms with Crippen LogP contribution in [0.5, 0.6) is 0 Å². The van der Waals surface area contributed by atoms with E-state index in [4.69, 9.17) is 4.74 Å². The van der Waals surface area contributed by atoms with Gasteiger partial charge in [0.05, 0.1) is 18.9 Å². The number of rotatable bonds is 3. The van der Waals surface area contributed by atoms with Gasteiger partial charge in [-0.15, -0.1) is 0 Å². The van der Waals surface area contributed by atoms with E-state index in [9.17, 15) is 9.18 Å². The van der Waals surface area contributed by atoms with E-state index in [-0.39, 0.29) is 17.4 Å². The molecule has 2 aromatic rings. The molecule has 1 fully saturated rings. The van der Waals surface area contributed by atoms with Crippen LogP contribution in [0.4, 0.5) is 15.9 Å². The lowest BCUT2D eigenvalue weighted by atomic mass is 10.3. The molecule has 3 rings (SSSR count). The van der Waals surface area contributed by atoms with Crippen LogP contribution in [0.3, 0.4) is 0 Å². The second kappa shape index (κ2) is 6.48. The van der Waals surface area contributed by atoms with Gasteiger partial charge in [0.25, 0.3) is 5.91 Å². The lowest BCUT2D eigenvalue weighted by Gasteiger charge is -2.26. The summed E-state index contributed by atoms with van der Waals surface area (Å²) in [5, 5.41) is 2.85. The Kier molecular flexibility index (Phi) is 4.24. The average molecular weight is 302 g/mol. The molecular formula is C15H15FN4O2. The number of hydrogen-bond acceptors (Lipinski definition) is 5. The van der Waals surface area contributed by atoms with Crippen molar-refractivity contribution in [3.05, 3.63) is 48.2 Å². The topological polar surface area (TPSA) is 67.4 Å². The van der Waals surface area contributed by atoms with Gasteiger partial charge in [0, 0.05) is 19.2 Å². The normalized spacial score (nSPS) is 14.7. The minimum Gasteiger partial charge on any atom is -0.378 e. The molecule has 0 atom stereocenters. The van der Waals surface area contributed by atoms with E-state index in [0.29, 0.717) is 37.8 Å². The first-order valence-corrected chi connectivity index (χ1v) is 6.94. The summed E-state index contributed by atoms with van der Waals surface area (Å²) in [7, 11) is 0. The molecule has 1 amide bonds. The molecule has 0 spiro atoms. The number of nitrogens with one attached hydrogen (secondary N) is 1. The van der Waals surface area contributed by atoms with Gasteiger partial charge in [-0.1, -0.05) is 12.1 Å². The fourth-order valence-electron chi connectivity index (χ4n) is 2.17. The van der Waals surface area contributed by atoms with Crippen LogP contribution in [0.2, 0.25) is 0 Å². The Morgan fingerprint density at radius 2 is 2.00 bits per heavy atom. The van der Waals surface area contributed by atoms with Crippen molar-refractivity contribution >= 4 is 17.4 Å². The number of aromatic nitrogens is 2. The number of ether oxygens (including phenoxy) is 1. The standard InChI is InChI=1S/C15H15FN4O2/c16-11-3-1-2-4-12(11)19-14-9-13(17-10-18-14)15(21)20-5-7-22-8-6-20/h1-4,9-10H,5-8H2,(H,17,18,19). The second-order valence-electron chi connectivity index (χ2n) is 4.80. The number of carbonyl (C=O) groups is 1. The van der Waals surface area contributed by atoms with E-state index in [0.717, 1.165) is 0 Å². The quantitative estimate of drug-likeness (QED) is 0.937. The number of halogens is 1. The van der Waals surface area contributed by atoms with Crippen LogP contribution >= 0.6 is 0 Å². The van der Waals surface area contributed by atoms with Gasteiger partial charge >= 0.3 is 0 Å². The van der Waals surface area contributed by atoms with Crippen molar-refractivity contribution in [1.82, 2.24) is 14.9 Å². The maximum Gasteiger partial charge on any atom is 0.272 e. The molecule has 1 aliphatic rings. The summed E-state index contributed by atoms with van der Waals surface area (Å²) in [5.74, 6) is -0.193. The molecule has 1 aromatic heterocycles. The first-order valence-electron chi connectivity index (χ1n) is 6.94. The zero-order valence-electron chi connectivity index (χ0n) is 11.8. The minimum absolute atomic E-state index is 0.178. The molecule has 114 valence electrons. The molecule has 1 aliphatic heterocycles. The molecule has 0 bridgehead atoms. The number of benzene rings is 1. The van der Waals surface area contributed by atoms with Gasteiger partial charge in [0.1, 0.15) is 23.7 Å². The molecule has 0 unspecified atom stereocenters. The highest BCUT2D eigenvalue weighted by molar-refractivity contribution is 5.93. The zero-order chi connectivity index (χ0) is 15.4. The van der Waals surface area contributed by atoms with Crippen LogP contribution in [0.1, 0.15) is 10.5 Å². The summed E-state index contributed by atoms with van der Waals surface area (Å²) in [4.78, 5) is 22.0. The van der Waals surface area contributed by atoms with E-state index in [1.165, 1.54) is 18.5 Å². The molecule has 0 radical (unpaired) electrons. The van der Waals surface area contributed by atoms with Crippen LogP contribution < -0.4 is 5.32 Å². The summed E-state index contributed by atoms with van der Waals surface area (Å²) < 4.78 is 18.9. The van der Waals surface area contributed by atoms with Gasteiger partial charge in [-0.3, -0.25) is 4.79 Å². The highest BCUT2D eigenvalue weighted by Gasteiger charge is 2.20. The Balaban J connectivity index is 1.77. The van der Waals surface area contributed by atoms with E-state index >= 15 is 0 Å². The first-order chi connectivity index (χ1) is 10.7. The molecular weight excluding hydrogens is 287 g/mol. The van der Waals surface area contributed by atoms with Gasteiger partial charge in [-0.25, -0.2) is 14.4 Å². The number of carbonyl (C=O) groups excluding carboxylic acids is 1. The smallest absolute Gasteiger partial charge is 0.272 e. The van der Waals surface area contributed by atoms with Gasteiger partial charge in [0.15, 0.2) is 0 Å². The monoisotopic (exact) mass is 302 g/mol. The van der Waals surface area contributed by atoms with Gasteiger partial charge < -0.3 is 15.0 Å². The predicted octanol–water partition coefficient (Wildman–Crippen LogP) is 1.83.